The molecule has 0 bridgehead atoms. The van der Waals surface area contributed by atoms with Gasteiger partial charge in [-0.1, -0.05) is 12.1 Å². The Bertz CT molecular complexity index is 1240. The monoisotopic (exact) mass is 439 g/mol. The number of carbonyl (C=O) groups excluding carboxylic acids is 1. The van der Waals surface area contributed by atoms with Gasteiger partial charge in [0.25, 0.3) is 0 Å². The Balaban J connectivity index is 1.38. The average Bonchev–Trinajstić information content (AvgIpc) is 2.74. The zero-order chi connectivity index (χ0) is 23.2. The highest BCUT2D eigenvalue weighted by Gasteiger charge is 2.06. The van der Waals surface area contributed by atoms with E-state index in [0.717, 1.165) is 22.5 Å². The van der Waals surface area contributed by atoms with E-state index >= 15 is 0 Å². The summed E-state index contributed by atoms with van der Waals surface area (Å²) in [5.74, 6) is 2.62. The molecule has 2 aromatic carbocycles. The van der Waals surface area contributed by atoms with Crippen LogP contribution in [0.1, 0.15) is 17.0 Å². The summed E-state index contributed by atoms with van der Waals surface area (Å²) in [6.45, 7) is 5.83. The number of pyridine rings is 1. The normalized spacial score (nSPS) is 10.4. The fourth-order valence-corrected chi connectivity index (χ4v) is 3.39. The maximum atomic E-state index is 12.3. The van der Waals surface area contributed by atoms with Gasteiger partial charge in [-0.25, -0.2) is 19.7 Å². The van der Waals surface area contributed by atoms with E-state index in [1.54, 1.807) is 6.20 Å². The molecular weight excluding hydrogens is 414 g/mol. The van der Waals surface area contributed by atoms with Crippen LogP contribution in [0.5, 0.6) is 0 Å². The van der Waals surface area contributed by atoms with Gasteiger partial charge in [0.05, 0.1) is 0 Å². The maximum absolute atomic E-state index is 12.3. The smallest absolute Gasteiger partial charge is 0.323 e. The lowest BCUT2D eigenvalue weighted by atomic mass is 10.1. The zero-order valence-electron chi connectivity index (χ0n) is 18.7. The molecular formula is C25H25N7O. The number of benzene rings is 2. The Kier molecular flexibility index (Phi) is 6.45. The van der Waals surface area contributed by atoms with Crippen molar-refractivity contribution in [3.63, 3.8) is 0 Å². The van der Waals surface area contributed by atoms with E-state index in [0.29, 0.717) is 29.0 Å². The number of nitrogens with zero attached hydrogens (tertiary/aromatic N) is 3. The molecule has 0 atom stereocenters. The van der Waals surface area contributed by atoms with Crippen LogP contribution < -0.4 is 21.3 Å². The summed E-state index contributed by atoms with van der Waals surface area (Å²) in [5, 5.41) is 12.1. The number of amides is 2. The minimum atomic E-state index is -0.294. The Labute approximate surface area is 192 Å². The van der Waals surface area contributed by atoms with Crippen molar-refractivity contribution in [2.75, 3.05) is 21.3 Å². The third kappa shape index (κ3) is 6.27. The van der Waals surface area contributed by atoms with Crippen molar-refractivity contribution in [2.24, 2.45) is 0 Å². The number of urea groups is 1. The second kappa shape index (κ2) is 9.78. The lowest BCUT2D eigenvalue weighted by Crippen LogP contribution is -2.19. The molecule has 8 nitrogen and oxygen atoms in total. The first-order valence-electron chi connectivity index (χ1n) is 10.5. The van der Waals surface area contributed by atoms with Crippen molar-refractivity contribution in [2.45, 2.75) is 20.8 Å². The van der Waals surface area contributed by atoms with Crippen LogP contribution >= 0.6 is 0 Å². The quantitative estimate of drug-likeness (QED) is 0.297. The fraction of sp³-hybridized carbons (Fsp3) is 0.120. The van der Waals surface area contributed by atoms with Crippen molar-refractivity contribution < 1.29 is 4.79 Å². The van der Waals surface area contributed by atoms with Gasteiger partial charge < -0.3 is 21.3 Å². The largest absolute Gasteiger partial charge is 0.340 e. The van der Waals surface area contributed by atoms with Crippen LogP contribution in [0.4, 0.5) is 39.3 Å². The summed E-state index contributed by atoms with van der Waals surface area (Å²) < 4.78 is 0. The van der Waals surface area contributed by atoms with Gasteiger partial charge in [-0.05, 0) is 80.4 Å². The highest BCUT2D eigenvalue weighted by atomic mass is 16.2. The third-order valence-corrected chi connectivity index (χ3v) is 4.65. The maximum Gasteiger partial charge on any atom is 0.323 e. The SMILES string of the molecule is Cc1cc(C)cc(NC(=O)Nc2ccc(Nc3cc(Nc4ccccn4)nc(C)n3)cc2)c1. The average molecular weight is 440 g/mol. The van der Waals surface area contributed by atoms with Crippen LogP contribution in [0, 0.1) is 20.8 Å². The molecule has 4 rings (SSSR count). The Morgan fingerprint density at radius 2 is 1.30 bits per heavy atom. The van der Waals surface area contributed by atoms with Crippen LogP contribution in [0.25, 0.3) is 0 Å². The van der Waals surface area contributed by atoms with Crippen LogP contribution in [-0.2, 0) is 0 Å². The van der Waals surface area contributed by atoms with Crippen molar-refractivity contribution in [1.29, 1.82) is 0 Å². The number of rotatable bonds is 6. The number of anilines is 6. The van der Waals surface area contributed by atoms with E-state index in [4.69, 9.17) is 0 Å². The lowest BCUT2D eigenvalue weighted by molar-refractivity contribution is 0.262. The Hall–Kier alpha value is -4.46. The molecule has 0 aliphatic carbocycles. The standard InChI is InChI=1S/C25H25N7O/c1-16-12-17(2)14-21(13-16)31-25(33)30-20-9-7-19(8-10-20)29-23-15-24(28-18(3)27-23)32-22-6-4-5-11-26-22/h4-15H,1-3H3,(H2,30,31,33)(H2,26,27,28,29,32). The van der Waals surface area contributed by atoms with Crippen LogP contribution in [0.3, 0.4) is 0 Å². The Morgan fingerprint density at radius 1 is 0.667 bits per heavy atom. The van der Waals surface area contributed by atoms with E-state index in [2.05, 4.69) is 42.3 Å². The van der Waals surface area contributed by atoms with E-state index in [1.165, 1.54) is 0 Å². The van der Waals surface area contributed by atoms with E-state index in [9.17, 15) is 4.79 Å². The molecule has 0 radical (unpaired) electrons. The third-order valence-electron chi connectivity index (χ3n) is 4.65. The minimum Gasteiger partial charge on any atom is -0.340 e. The molecule has 0 spiro atoms. The summed E-state index contributed by atoms with van der Waals surface area (Å²) in [6.07, 6.45) is 1.72. The van der Waals surface area contributed by atoms with Crippen molar-refractivity contribution in [1.82, 2.24) is 15.0 Å². The number of aryl methyl sites for hydroxylation is 3. The highest BCUT2D eigenvalue weighted by molar-refractivity contribution is 5.99. The number of hydrogen-bond acceptors (Lipinski definition) is 6. The van der Waals surface area contributed by atoms with E-state index < -0.39 is 0 Å². The van der Waals surface area contributed by atoms with Crippen molar-refractivity contribution >= 4 is 40.5 Å². The number of nitrogens with one attached hydrogen (secondary N) is 4. The molecule has 0 unspecified atom stereocenters. The van der Waals surface area contributed by atoms with Gasteiger partial charge in [-0.15, -0.1) is 0 Å². The molecule has 4 N–H and O–H groups in total. The van der Waals surface area contributed by atoms with Gasteiger partial charge in [-0.3, -0.25) is 0 Å². The topological polar surface area (TPSA) is 104 Å². The number of aromatic nitrogens is 3. The fourth-order valence-electron chi connectivity index (χ4n) is 3.39. The molecule has 2 heterocycles. The van der Waals surface area contributed by atoms with Crippen LogP contribution in [0.2, 0.25) is 0 Å². The molecule has 2 amide bonds. The Morgan fingerprint density at radius 3 is 1.97 bits per heavy atom. The molecule has 0 aliphatic rings. The van der Waals surface area contributed by atoms with Crippen molar-refractivity contribution in [3.05, 3.63) is 89.9 Å². The zero-order valence-corrected chi connectivity index (χ0v) is 18.7. The molecule has 0 saturated heterocycles. The molecule has 2 aromatic heterocycles. The summed E-state index contributed by atoms with van der Waals surface area (Å²) in [4.78, 5) is 25.4. The first-order valence-corrected chi connectivity index (χ1v) is 10.5. The predicted molar refractivity (Wildman–Crippen MR) is 133 cm³/mol. The second-order valence-corrected chi connectivity index (χ2v) is 7.68. The van der Waals surface area contributed by atoms with Gasteiger partial charge in [0.1, 0.15) is 23.3 Å². The van der Waals surface area contributed by atoms with Gasteiger partial charge in [0.15, 0.2) is 0 Å². The van der Waals surface area contributed by atoms with Crippen LogP contribution in [-0.4, -0.2) is 21.0 Å². The van der Waals surface area contributed by atoms with E-state index in [1.807, 2.05) is 81.4 Å². The van der Waals surface area contributed by atoms with E-state index in [-0.39, 0.29) is 6.03 Å². The molecule has 0 saturated carbocycles. The molecule has 0 fully saturated rings. The summed E-state index contributed by atoms with van der Waals surface area (Å²) >= 11 is 0. The second-order valence-electron chi connectivity index (χ2n) is 7.68. The molecule has 166 valence electrons. The predicted octanol–water partition coefficient (Wildman–Crippen LogP) is 5.93. The summed E-state index contributed by atoms with van der Waals surface area (Å²) in [6, 6.07) is 20.5. The number of hydrogen-bond donors (Lipinski definition) is 4. The number of carbonyl (C=O) groups is 1. The summed E-state index contributed by atoms with van der Waals surface area (Å²) in [5.41, 5.74) is 4.46. The summed E-state index contributed by atoms with van der Waals surface area (Å²) in [7, 11) is 0. The molecule has 0 aliphatic heterocycles. The highest BCUT2D eigenvalue weighted by Crippen LogP contribution is 2.21. The minimum absolute atomic E-state index is 0.294. The van der Waals surface area contributed by atoms with Crippen LogP contribution in [0.15, 0.2) is 72.9 Å². The molecule has 8 heteroatoms. The van der Waals surface area contributed by atoms with Crippen molar-refractivity contribution in [3.8, 4) is 0 Å². The van der Waals surface area contributed by atoms with Gasteiger partial charge in [0.2, 0.25) is 0 Å². The first-order chi connectivity index (χ1) is 15.9. The molecule has 4 aromatic rings. The molecule has 33 heavy (non-hydrogen) atoms. The van der Waals surface area contributed by atoms with Gasteiger partial charge >= 0.3 is 6.03 Å². The van der Waals surface area contributed by atoms with Gasteiger partial charge in [-0.2, -0.15) is 0 Å². The first kappa shape index (κ1) is 21.8. The lowest BCUT2D eigenvalue weighted by Gasteiger charge is -2.11. The van der Waals surface area contributed by atoms with Gasteiger partial charge in [0, 0.05) is 29.3 Å².